The Morgan fingerprint density at radius 3 is 2.47 bits per heavy atom. The van der Waals surface area contributed by atoms with Gasteiger partial charge in [-0.1, -0.05) is 66.4 Å². The molecule has 158 valence electrons. The van der Waals surface area contributed by atoms with Gasteiger partial charge in [-0.3, -0.25) is 4.79 Å². The summed E-state index contributed by atoms with van der Waals surface area (Å²) >= 11 is 1.51. The Hall–Kier alpha value is -3.50. The van der Waals surface area contributed by atoms with E-state index < -0.39 is 0 Å². The molecule has 3 nitrogen and oxygen atoms in total. The average molecular weight is 439 g/mol. The number of benzene rings is 4. The predicted octanol–water partition coefficient (Wildman–Crippen LogP) is 7.15. The average Bonchev–Trinajstić information content (AvgIpc) is 3.14. The van der Waals surface area contributed by atoms with Crippen molar-refractivity contribution in [3.63, 3.8) is 0 Å². The summed E-state index contributed by atoms with van der Waals surface area (Å²) in [5.74, 6) is 1.44. The fourth-order valence-corrected chi connectivity index (χ4v) is 4.83. The van der Waals surface area contributed by atoms with E-state index in [-0.39, 0.29) is 5.78 Å². The van der Waals surface area contributed by atoms with Crippen LogP contribution in [0.3, 0.4) is 0 Å². The number of Topliss-reactive ketones (excluding diaryl/α,β-unsaturated/α-hetero) is 1. The van der Waals surface area contributed by atoms with Gasteiger partial charge in [0.25, 0.3) is 0 Å². The van der Waals surface area contributed by atoms with Crippen LogP contribution in [0.25, 0.3) is 16.8 Å². The molecule has 1 heterocycles. The fraction of sp³-hybridized carbons (Fsp3) is 0.107. The Morgan fingerprint density at radius 2 is 1.62 bits per heavy atom. The number of carbonyl (C=O) groups excluding carboxylic acids is 1. The standard InChI is InChI=1S/C28H22O3S/c1-2-30-25-16-19(17-27-28(29)23-9-5-6-10-26(23)32-27)12-14-24(25)31-18-20-11-13-21-7-3-4-8-22(21)15-20/h3-17H,2,18H2,1H3/b27-17-. The van der Waals surface area contributed by atoms with Crippen molar-refractivity contribution in [3.8, 4) is 11.5 Å². The quantitative estimate of drug-likeness (QED) is 0.300. The van der Waals surface area contributed by atoms with Crippen LogP contribution in [-0.2, 0) is 6.61 Å². The van der Waals surface area contributed by atoms with Crippen molar-refractivity contribution in [3.05, 3.63) is 107 Å². The number of hydrogen-bond donors (Lipinski definition) is 0. The number of thioether (sulfide) groups is 1. The van der Waals surface area contributed by atoms with Gasteiger partial charge in [-0.05, 0) is 65.2 Å². The smallest absolute Gasteiger partial charge is 0.200 e. The third kappa shape index (κ3) is 4.14. The van der Waals surface area contributed by atoms with Gasteiger partial charge in [-0.2, -0.15) is 0 Å². The van der Waals surface area contributed by atoms with E-state index in [2.05, 4.69) is 30.3 Å². The van der Waals surface area contributed by atoms with Gasteiger partial charge in [0.2, 0.25) is 5.78 Å². The highest BCUT2D eigenvalue weighted by Crippen LogP contribution is 2.41. The van der Waals surface area contributed by atoms with E-state index in [1.807, 2.05) is 67.6 Å². The summed E-state index contributed by atoms with van der Waals surface area (Å²) in [6, 6.07) is 28.2. The van der Waals surface area contributed by atoms with E-state index in [1.54, 1.807) is 0 Å². The summed E-state index contributed by atoms with van der Waals surface area (Å²) < 4.78 is 11.9. The zero-order valence-corrected chi connectivity index (χ0v) is 18.5. The fourth-order valence-electron chi connectivity index (χ4n) is 3.78. The van der Waals surface area contributed by atoms with Gasteiger partial charge in [0.1, 0.15) is 6.61 Å². The van der Waals surface area contributed by atoms with Crippen molar-refractivity contribution in [1.82, 2.24) is 0 Å². The van der Waals surface area contributed by atoms with Gasteiger partial charge in [-0.15, -0.1) is 0 Å². The topological polar surface area (TPSA) is 35.5 Å². The summed E-state index contributed by atoms with van der Waals surface area (Å²) in [7, 11) is 0. The molecule has 0 radical (unpaired) electrons. The predicted molar refractivity (Wildman–Crippen MR) is 130 cm³/mol. The molecular weight excluding hydrogens is 416 g/mol. The molecule has 0 amide bonds. The third-order valence-corrected chi connectivity index (χ3v) is 6.45. The first-order valence-corrected chi connectivity index (χ1v) is 11.4. The monoisotopic (exact) mass is 438 g/mol. The van der Waals surface area contributed by atoms with Crippen molar-refractivity contribution >= 4 is 34.4 Å². The van der Waals surface area contributed by atoms with Crippen molar-refractivity contribution < 1.29 is 14.3 Å². The van der Waals surface area contributed by atoms with Gasteiger partial charge >= 0.3 is 0 Å². The van der Waals surface area contributed by atoms with E-state index in [9.17, 15) is 4.79 Å². The number of hydrogen-bond acceptors (Lipinski definition) is 4. The van der Waals surface area contributed by atoms with Crippen molar-refractivity contribution in [2.45, 2.75) is 18.4 Å². The maximum atomic E-state index is 12.7. The Bertz CT molecular complexity index is 1340. The van der Waals surface area contributed by atoms with Crippen LogP contribution in [0.5, 0.6) is 11.5 Å². The van der Waals surface area contributed by atoms with Crippen LogP contribution in [0, 0.1) is 0 Å². The minimum Gasteiger partial charge on any atom is -0.490 e. The molecule has 1 aliphatic rings. The Labute approximate surface area is 191 Å². The molecule has 32 heavy (non-hydrogen) atoms. The lowest BCUT2D eigenvalue weighted by Gasteiger charge is -2.13. The van der Waals surface area contributed by atoms with Crippen LogP contribution < -0.4 is 9.47 Å². The molecule has 0 aromatic heterocycles. The van der Waals surface area contributed by atoms with Gasteiger partial charge in [0.15, 0.2) is 11.5 Å². The molecule has 0 bridgehead atoms. The second-order valence-electron chi connectivity index (χ2n) is 7.55. The molecule has 0 N–H and O–H groups in total. The number of fused-ring (bicyclic) bond motifs is 2. The maximum absolute atomic E-state index is 12.7. The van der Waals surface area contributed by atoms with Crippen LogP contribution >= 0.6 is 11.8 Å². The molecule has 0 unspecified atom stereocenters. The summed E-state index contributed by atoms with van der Waals surface area (Å²) in [4.78, 5) is 14.4. The zero-order chi connectivity index (χ0) is 21.9. The normalized spacial score (nSPS) is 14.0. The highest BCUT2D eigenvalue weighted by atomic mass is 32.2. The highest BCUT2D eigenvalue weighted by Gasteiger charge is 2.25. The number of carbonyl (C=O) groups is 1. The SMILES string of the molecule is CCOc1cc(/C=C2\Sc3ccccc3C2=O)ccc1OCc1ccc2ccccc2c1. The summed E-state index contributed by atoms with van der Waals surface area (Å²) in [5.41, 5.74) is 2.78. The summed E-state index contributed by atoms with van der Waals surface area (Å²) in [6.07, 6.45) is 1.92. The molecule has 4 aromatic rings. The second-order valence-corrected chi connectivity index (χ2v) is 8.63. The molecule has 5 rings (SSSR count). The lowest BCUT2D eigenvalue weighted by Crippen LogP contribution is -2.00. The molecule has 0 aliphatic carbocycles. The Kier molecular flexibility index (Phi) is 5.70. The molecule has 4 aromatic carbocycles. The minimum absolute atomic E-state index is 0.0696. The van der Waals surface area contributed by atoms with E-state index in [0.717, 1.165) is 26.5 Å². The number of ether oxygens (including phenoxy) is 2. The van der Waals surface area contributed by atoms with Crippen LogP contribution in [0.4, 0.5) is 0 Å². The van der Waals surface area contributed by atoms with Gasteiger partial charge in [-0.25, -0.2) is 0 Å². The lowest BCUT2D eigenvalue weighted by atomic mass is 10.1. The van der Waals surface area contributed by atoms with Crippen LogP contribution in [0.1, 0.15) is 28.4 Å². The largest absolute Gasteiger partial charge is 0.490 e. The van der Waals surface area contributed by atoms with E-state index in [0.29, 0.717) is 24.7 Å². The van der Waals surface area contributed by atoms with E-state index in [1.165, 1.54) is 22.5 Å². The minimum atomic E-state index is 0.0696. The van der Waals surface area contributed by atoms with Gasteiger partial charge in [0, 0.05) is 10.5 Å². The number of rotatable bonds is 6. The first-order valence-electron chi connectivity index (χ1n) is 10.6. The number of allylic oxidation sites excluding steroid dienone is 1. The van der Waals surface area contributed by atoms with Gasteiger partial charge < -0.3 is 9.47 Å². The van der Waals surface area contributed by atoms with Crippen molar-refractivity contribution in [2.24, 2.45) is 0 Å². The molecule has 4 heteroatoms. The highest BCUT2D eigenvalue weighted by molar-refractivity contribution is 8.04. The first kappa shape index (κ1) is 20.4. The van der Waals surface area contributed by atoms with Crippen molar-refractivity contribution in [1.29, 1.82) is 0 Å². The van der Waals surface area contributed by atoms with Crippen LogP contribution in [0.15, 0.2) is 94.7 Å². The molecule has 0 spiro atoms. The van der Waals surface area contributed by atoms with Crippen LogP contribution in [-0.4, -0.2) is 12.4 Å². The van der Waals surface area contributed by atoms with E-state index in [4.69, 9.17) is 9.47 Å². The molecule has 0 saturated heterocycles. The molecule has 1 aliphatic heterocycles. The maximum Gasteiger partial charge on any atom is 0.200 e. The Balaban J connectivity index is 1.36. The molecule has 0 atom stereocenters. The molecule has 0 saturated carbocycles. The first-order chi connectivity index (χ1) is 15.7. The van der Waals surface area contributed by atoms with Gasteiger partial charge in [0.05, 0.1) is 11.5 Å². The third-order valence-electron chi connectivity index (χ3n) is 5.35. The number of ketones is 1. The lowest BCUT2D eigenvalue weighted by molar-refractivity contribution is 0.104. The molecule has 0 fully saturated rings. The Morgan fingerprint density at radius 1 is 0.812 bits per heavy atom. The van der Waals surface area contributed by atoms with E-state index >= 15 is 0 Å². The zero-order valence-electron chi connectivity index (χ0n) is 17.7. The molecular formula is C28H22O3S. The van der Waals surface area contributed by atoms with Crippen molar-refractivity contribution in [2.75, 3.05) is 6.61 Å². The second kappa shape index (κ2) is 8.93. The van der Waals surface area contributed by atoms with Crippen LogP contribution in [0.2, 0.25) is 0 Å². The summed E-state index contributed by atoms with van der Waals surface area (Å²) in [6.45, 7) is 2.94. The summed E-state index contributed by atoms with van der Waals surface area (Å²) in [5, 5.41) is 2.41.